The summed E-state index contributed by atoms with van der Waals surface area (Å²) < 4.78 is 5.51. The number of carbonyl (C=O) groups excluding carboxylic acids is 2. The number of nitrogens with one attached hydrogen (secondary N) is 1. The molecule has 0 bridgehead atoms. The van der Waals surface area contributed by atoms with E-state index in [-0.39, 0.29) is 27.5 Å². The zero-order chi connectivity index (χ0) is 29.9. The smallest absolute Gasteiger partial charge is 0.313 e. The van der Waals surface area contributed by atoms with E-state index in [1.807, 2.05) is 43.3 Å². The van der Waals surface area contributed by atoms with Crippen molar-refractivity contribution in [3.05, 3.63) is 93.5 Å². The van der Waals surface area contributed by atoms with Gasteiger partial charge in [0.2, 0.25) is 0 Å². The highest BCUT2D eigenvalue weighted by Crippen LogP contribution is 2.29. The standard InChI is InChI=1S/C34H42Cl2N2O3/c1-6-24(7-2)22-38(21-23(4)5)28-12-9-11-26(20-28)29(34(40)41-8-3)19-25-15-17-27(18-16-25)37-33(39)32-30(35)13-10-14-31(32)36/h9-18,20,23-24,29H,6-8,19,21-22H2,1-5H3,(H,37,39). The van der Waals surface area contributed by atoms with Crippen molar-refractivity contribution in [2.75, 3.05) is 29.9 Å². The average molecular weight is 598 g/mol. The predicted molar refractivity (Wildman–Crippen MR) is 172 cm³/mol. The minimum Gasteiger partial charge on any atom is -0.466 e. The Balaban J connectivity index is 1.83. The molecule has 0 aliphatic rings. The van der Waals surface area contributed by atoms with E-state index in [0.717, 1.165) is 42.7 Å². The Labute approximate surface area is 255 Å². The topological polar surface area (TPSA) is 58.6 Å². The largest absolute Gasteiger partial charge is 0.466 e. The molecule has 3 aromatic rings. The van der Waals surface area contributed by atoms with Gasteiger partial charge in [-0.2, -0.15) is 0 Å². The molecule has 5 nitrogen and oxygen atoms in total. The fraction of sp³-hybridized carbons (Fsp3) is 0.412. The SMILES string of the molecule is CCOC(=O)C(Cc1ccc(NC(=O)c2c(Cl)cccc2Cl)cc1)c1cccc(N(CC(C)C)CC(CC)CC)c1. The highest BCUT2D eigenvalue weighted by Gasteiger charge is 2.24. The normalized spacial score (nSPS) is 11.9. The van der Waals surface area contributed by atoms with Crippen molar-refractivity contribution in [1.82, 2.24) is 0 Å². The summed E-state index contributed by atoms with van der Waals surface area (Å²) in [6.45, 7) is 13.1. The van der Waals surface area contributed by atoms with Gasteiger partial charge in [0.15, 0.2) is 0 Å². The third-order valence-electron chi connectivity index (χ3n) is 7.27. The van der Waals surface area contributed by atoms with Gasteiger partial charge in [-0.05, 0) is 72.7 Å². The lowest BCUT2D eigenvalue weighted by Crippen LogP contribution is -2.32. The van der Waals surface area contributed by atoms with Crippen LogP contribution in [0.5, 0.6) is 0 Å². The minimum atomic E-state index is -0.452. The van der Waals surface area contributed by atoms with Gasteiger partial charge in [0.25, 0.3) is 5.91 Å². The van der Waals surface area contributed by atoms with Gasteiger partial charge < -0.3 is 15.0 Å². The Morgan fingerprint density at radius 3 is 2.10 bits per heavy atom. The van der Waals surface area contributed by atoms with Crippen LogP contribution < -0.4 is 10.2 Å². The van der Waals surface area contributed by atoms with Crippen LogP contribution in [0, 0.1) is 11.8 Å². The zero-order valence-corrected chi connectivity index (χ0v) is 26.3. The highest BCUT2D eigenvalue weighted by atomic mass is 35.5. The maximum Gasteiger partial charge on any atom is 0.313 e. The van der Waals surface area contributed by atoms with Crippen LogP contribution in [-0.2, 0) is 16.0 Å². The van der Waals surface area contributed by atoms with Crippen molar-refractivity contribution in [2.24, 2.45) is 11.8 Å². The molecule has 1 amide bonds. The molecule has 0 heterocycles. The van der Waals surface area contributed by atoms with Crippen LogP contribution in [0.3, 0.4) is 0 Å². The van der Waals surface area contributed by atoms with E-state index in [0.29, 0.717) is 30.6 Å². The first-order valence-corrected chi connectivity index (χ1v) is 15.3. The Kier molecular flexibility index (Phi) is 12.6. The van der Waals surface area contributed by atoms with E-state index in [2.05, 4.69) is 50.0 Å². The number of hydrogen-bond donors (Lipinski definition) is 1. The zero-order valence-electron chi connectivity index (χ0n) is 24.8. The molecule has 0 aromatic heterocycles. The summed E-state index contributed by atoms with van der Waals surface area (Å²) in [6, 6.07) is 20.7. The number of carbonyl (C=O) groups is 2. The van der Waals surface area contributed by atoms with Crippen molar-refractivity contribution in [3.8, 4) is 0 Å². The van der Waals surface area contributed by atoms with E-state index in [1.54, 1.807) is 18.2 Å². The van der Waals surface area contributed by atoms with Gasteiger partial charge in [0, 0.05) is 24.5 Å². The first-order valence-electron chi connectivity index (χ1n) is 14.5. The molecule has 0 fully saturated rings. The molecule has 0 radical (unpaired) electrons. The van der Waals surface area contributed by atoms with Crippen LogP contribution in [0.1, 0.15) is 74.9 Å². The maximum atomic E-state index is 13.2. The molecular weight excluding hydrogens is 555 g/mol. The van der Waals surface area contributed by atoms with Gasteiger partial charge in [-0.1, -0.05) is 94.1 Å². The Morgan fingerprint density at radius 2 is 1.51 bits per heavy atom. The summed E-state index contributed by atoms with van der Waals surface area (Å²) in [5.74, 6) is 0.0547. The third-order valence-corrected chi connectivity index (χ3v) is 7.90. The Bertz CT molecular complexity index is 1270. The Hall–Kier alpha value is -3.02. The van der Waals surface area contributed by atoms with E-state index in [4.69, 9.17) is 27.9 Å². The van der Waals surface area contributed by atoms with Crippen LogP contribution >= 0.6 is 23.2 Å². The lowest BCUT2D eigenvalue weighted by molar-refractivity contribution is -0.144. The summed E-state index contributed by atoms with van der Waals surface area (Å²) >= 11 is 12.4. The molecule has 1 atom stereocenters. The summed E-state index contributed by atoms with van der Waals surface area (Å²) in [5.41, 5.74) is 3.87. The summed E-state index contributed by atoms with van der Waals surface area (Å²) in [4.78, 5) is 28.4. The predicted octanol–water partition coefficient (Wildman–Crippen LogP) is 9.03. The summed E-state index contributed by atoms with van der Waals surface area (Å²) in [7, 11) is 0. The first kappa shape index (κ1) is 32.5. The quantitative estimate of drug-likeness (QED) is 0.188. The van der Waals surface area contributed by atoms with Crippen LogP contribution in [0.4, 0.5) is 11.4 Å². The number of rotatable bonds is 14. The van der Waals surface area contributed by atoms with Gasteiger partial charge >= 0.3 is 5.97 Å². The molecular formula is C34H42Cl2N2O3. The number of ether oxygens (including phenoxy) is 1. The van der Waals surface area contributed by atoms with Gasteiger partial charge in [-0.15, -0.1) is 0 Å². The second kappa shape index (κ2) is 15.8. The second-order valence-electron chi connectivity index (χ2n) is 10.8. The molecule has 0 aliphatic carbocycles. The van der Waals surface area contributed by atoms with Crippen molar-refractivity contribution < 1.29 is 14.3 Å². The van der Waals surface area contributed by atoms with Gasteiger partial charge in [0.1, 0.15) is 0 Å². The van der Waals surface area contributed by atoms with Crippen LogP contribution in [-0.4, -0.2) is 31.6 Å². The van der Waals surface area contributed by atoms with Crippen molar-refractivity contribution in [1.29, 1.82) is 0 Å². The number of halogens is 2. The van der Waals surface area contributed by atoms with E-state index in [9.17, 15) is 9.59 Å². The number of esters is 1. The second-order valence-corrected chi connectivity index (χ2v) is 11.6. The highest BCUT2D eigenvalue weighted by molar-refractivity contribution is 6.40. The van der Waals surface area contributed by atoms with Crippen LogP contribution in [0.2, 0.25) is 10.0 Å². The summed E-state index contributed by atoms with van der Waals surface area (Å²) in [6.07, 6.45) is 2.75. The number of amides is 1. The fourth-order valence-electron chi connectivity index (χ4n) is 4.97. The average Bonchev–Trinajstić information content (AvgIpc) is 2.94. The lowest BCUT2D eigenvalue weighted by Gasteiger charge is -2.31. The van der Waals surface area contributed by atoms with Gasteiger partial charge in [-0.3, -0.25) is 9.59 Å². The first-order chi connectivity index (χ1) is 19.7. The van der Waals surface area contributed by atoms with Gasteiger partial charge in [-0.25, -0.2) is 0 Å². The van der Waals surface area contributed by atoms with E-state index in [1.165, 1.54) is 0 Å². The molecule has 220 valence electrons. The number of anilines is 2. The molecule has 0 spiro atoms. The molecule has 1 unspecified atom stereocenters. The Morgan fingerprint density at radius 1 is 0.878 bits per heavy atom. The summed E-state index contributed by atoms with van der Waals surface area (Å²) in [5, 5.41) is 3.43. The maximum absolute atomic E-state index is 13.2. The van der Waals surface area contributed by atoms with Gasteiger partial charge in [0.05, 0.1) is 28.1 Å². The molecule has 7 heteroatoms. The van der Waals surface area contributed by atoms with E-state index < -0.39 is 5.92 Å². The van der Waals surface area contributed by atoms with Crippen LogP contribution in [0.25, 0.3) is 0 Å². The fourth-order valence-corrected chi connectivity index (χ4v) is 5.54. The number of benzene rings is 3. The minimum absolute atomic E-state index is 0.234. The molecule has 0 aliphatic heterocycles. The molecule has 3 rings (SSSR count). The van der Waals surface area contributed by atoms with E-state index >= 15 is 0 Å². The lowest BCUT2D eigenvalue weighted by atomic mass is 9.91. The van der Waals surface area contributed by atoms with Crippen molar-refractivity contribution >= 4 is 46.5 Å². The molecule has 1 N–H and O–H groups in total. The molecule has 3 aromatic carbocycles. The van der Waals surface area contributed by atoms with Crippen LogP contribution in [0.15, 0.2) is 66.7 Å². The number of hydrogen-bond acceptors (Lipinski definition) is 4. The van der Waals surface area contributed by atoms with Crippen molar-refractivity contribution in [2.45, 2.75) is 59.8 Å². The molecule has 0 saturated carbocycles. The molecule has 41 heavy (non-hydrogen) atoms. The monoisotopic (exact) mass is 596 g/mol. The molecule has 0 saturated heterocycles. The third kappa shape index (κ3) is 9.24. The number of nitrogens with zero attached hydrogens (tertiary/aromatic N) is 1. The van der Waals surface area contributed by atoms with Crippen molar-refractivity contribution in [3.63, 3.8) is 0 Å².